The Morgan fingerprint density at radius 1 is 1.03 bits per heavy atom. The third-order valence-electron chi connectivity index (χ3n) is 6.63. The molecule has 2 heterocycles. The number of aryl methyl sites for hydroxylation is 1. The molecule has 0 atom stereocenters. The topological polar surface area (TPSA) is 52.8 Å². The van der Waals surface area contributed by atoms with Crippen LogP contribution in [0.3, 0.4) is 0 Å². The van der Waals surface area contributed by atoms with Gasteiger partial charge in [-0.3, -0.25) is 4.98 Å². The molecule has 2 aromatic heterocycles. The number of ether oxygens (including phenoxy) is 1. The first-order valence-corrected chi connectivity index (χ1v) is 10.9. The lowest BCUT2D eigenvalue weighted by atomic mass is 9.50. The molecular weight excluding hydrogens is 391 g/mol. The largest absolute Gasteiger partial charge is 0.491 e. The highest BCUT2D eigenvalue weighted by Crippen LogP contribution is 2.62. The number of nitrogens with zero attached hydrogens (tertiary/aromatic N) is 4. The van der Waals surface area contributed by atoms with Crippen molar-refractivity contribution in [2.75, 3.05) is 6.61 Å². The Hall–Kier alpha value is -3.28. The fourth-order valence-electron chi connectivity index (χ4n) is 4.87. The number of rotatable bonds is 7. The maximum absolute atomic E-state index is 13.8. The summed E-state index contributed by atoms with van der Waals surface area (Å²) in [5.41, 5.74) is 0.946. The van der Waals surface area contributed by atoms with Crippen molar-refractivity contribution < 1.29 is 9.13 Å². The minimum atomic E-state index is -0.329. The summed E-state index contributed by atoms with van der Waals surface area (Å²) in [7, 11) is 0. The molecule has 0 N–H and O–H groups in total. The molecule has 2 bridgehead atoms. The van der Waals surface area contributed by atoms with Gasteiger partial charge in [0.05, 0.1) is 12.1 Å². The van der Waals surface area contributed by atoms with Crippen LogP contribution in [-0.2, 0) is 12.0 Å². The highest BCUT2D eigenvalue weighted by Gasteiger charge is 2.59. The van der Waals surface area contributed by atoms with Gasteiger partial charge in [-0.15, -0.1) is 5.10 Å². The quantitative estimate of drug-likeness (QED) is 0.392. The van der Waals surface area contributed by atoms with E-state index in [1.165, 1.54) is 25.3 Å². The highest BCUT2D eigenvalue weighted by atomic mass is 19.1. The first-order chi connectivity index (χ1) is 15.2. The van der Waals surface area contributed by atoms with Gasteiger partial charge < -0.3 is 4.74 Å². The van der Waals surface area contributed by atoms with Crippen LogP contribution in [0.25, 0.3) is 22.3 Å². The number of pyridine rings is 1. The zero-order valence-electron chi connectivity index (χ0n) is 17.2. The van der Waals surface area contributed by atoms with E-state index >= 15 is 0 Å². The molecule has 3 fully saturated rings. The van der Waals surface area contributed by atoms with Crippen molar-refractivity contribution in [2.24, 2.45) is 5.92 Å². The lowest BCUT2D eigenvalue weighted by Crippen LogP contribution is -2.60. The van der Waals surface area contributed by atoms with Crippen molar-refractivity contribution in [3.05, 3.63) is 72.4 Å². The Labute approximate surface area is 179 Å². The van der Waals surface area contributed by atoms with E-state index in [0.717, 1.165) is 41.1 Å². The van der Waals surface area contributed by atoms with Gasteiger partial charge in [0, 0.05) is 18.0 Å². The van der Waals surface area contributed by atoms with Gasteiger partial charge >= 0.3 is 0 Å². The van der Waals surface area contributed by atoms with E-state index in [1.807, 2.05) is 18.3 Å². The van der Waals surface area contributed by atoms with Crippen LogP contribution in [-0.4, -0.2) is 26.4 Å². The third-order valence-corrected chi connectivity index (χ3v) is 6.63. The molecule has 3 aliphatic carbocycles. The summed E-state index contributed by atoms with van der Waals surface area (Å²) in [6.07, 6.45) is 6.95. The second-order valence-electron chi connectivity index (χ2n) is 8.77. The normalized spacial score (nSPS) is 21.5. The molecule has 3 saturated carbocycles. The van der Waals surface area contributed by atoms with Crippen LogP contribution in [0, 0.1) is 11.7 Å². The number of hydrogen-bond acceptors (Lipinski definition) is 4. The monoisotopic (exact) mass is 414 g/mol. The van der Waals surface area contributed by atoms with Crippen LogP contribution in [0.15, 0.2) is 60.8 Å². The molecule has 0 spiro atoms. The Bertz CT molecular complexity index is 1250. The summed E-state index contributed by atoms with van der Waals surface area (Å²) in [6, 6.07) is 16.8. The molecule has 6 heteroatoms. The predicted molar refractivity (Wildman–Crippen MR) is 116 cm³/mol. The molecule has 7 rings (SSSR count). The fraction of sp³-hybridized carbons (Fsp3) is 0.320. The number of aromatic nitrogens is 4. The second kappa shape index (κ2) is 7.15. The lowest BCUT2D eigenvalue weighted by Gasteiger charge is -2.61. The van der Waals surface area contributed by atoms with Gasteiger partial charge in [0.1, 0.15) is 11.5 Å². The number of halogens is 1. The Morgan fingerprint density at radius 2 is 1.81 bits per heavy atom. The number of hydrogen-bond donors (Lipinski definition) is 0. The van der Waals surface area contributed by atoms with Crippen LogP contribution in [0.5, 0.6) is 5.75 Å². The maximum Gasteiger partial charge on any atom is 0.200 e. The summed E-state index contributed by atoms with van der Waals surface area (Å²) >= 11 is 0. The van der Waals surface area contributed by atoms with Crippen molar-refractivity contribution >= 4 is 10.8 Å². The van der Waals surface area contributed by atoms with Gasteiger partial charge in [-0.05, 0) is 55.2 Å². The van der Waals surface area contributed by atoms with Crippen LogP contribution < -0.4 is 4.74 Å². The van der Waals surface area contributed by atoms with Crippen molar-refractivity contribution in [3.8, 4) is 17.3 Å². The molecular formula is C25H23FN4O. The SMILES string of the molecule is Fc1ccccc1OCCCc1nc(-c2cc3ccccc3cn2)nn1C12CC(C1)C2. The molecule has 4 aromatic rings. The molecule has 0 aliphatic heterocycles. The number of benzene rings is 2. The van der Waals surface area contributed by atoms with Crippen LogP contribution >= 0.6 is 0 Å². The van der Waals surface area contributed by atoms with Crippen LogP contribution in [0.2, 0.25) is 0 Å². The van der Waals surface area contributed by atoms with Gasteiger partial charge in [-0.25, -0.2) is 14.1 Å². The Balaban J connectivity index is 1.24. The Kier molecular flexibility index (Phi) is 4.26. The van der Waals surface area contributed by atoms with Crippen LogP contribution in [0.4, 0.5) is 4.39 Å². The molecule has 0 radical (unpaired) electrons. The van der Waals surface area contributed by atoms with E-state index in [-0.39, 0.29) is 11.4 Å². The predicted octanol–water partition coefficient (Wildman–Crippen LogP) is 5.15. The second-order valence-corrected chi connectivity index (χ2v) is 8.77. The van der Waals surface area contributed by atoms with Crippen molar-refractivity contribution in [3.63, 3.8) is 0 Å². The molecule has 5 nitrogen and oxygen atoms in total. The number of para-hydroxylation sites is 1. The van der Waals surface area contributed by atoms with Gasteiger partial charge in [0.25, 0.3) is 0 Å². The Morgan fingerprint density at radius 3 is 2.58 bits per heavy atom. The van der Waals surface area contributed by atoms with E-state index in [9.17, 15) is 4.39 Å². The van der Waals surface area contributed by atoms with Gasteiger partial charge in [-0.2, -0.15) is 0 Å². The van der Waals surface area contributed by atoms with Crippen molar-refractivity contribution in [2.45, 2.75) is 37.6 Å². The minimum absolute atomic E-state index is 0.147. The zero-order valence-corrected chi connectivity index (χ0v) is 17.2. The van der Waals surface area contributed by atoms with Gasteiger partial charge in [0.15, 0.2) is 17.4 Å². The molecule has 0 saturated heterocycles. The molecule has 156 valence electrons. The molecule has 31 heavy (non-hydrogen) atoms. The van der Waals surface area contributed by atoms with Gasteiger partial charge in [0.2, 0.25) is 0 Å². The summed E-state index contributed by atoms with van der Waals surface area (Å²) in [6.45, 7) is 0.437. The third kappa shape index (κ3) is 3.17. The van der Waals surface area contributed by atoms with E-state index in [0.29, 0.717) is 18.2 Å². The van der Waals surface area contributed by atoms with Crippen molar-refractivity contribution in [1.29, 1.82) is 0 Å². The summed E-state index contributed by atoms with van der Waals surface area (Å²) in [4.78, 5) is 9.49. The van der Waals surface area contributed by atoms with E-state index < -0.39 is 0 Å². The summed E-state index contributed by atoms with van der Waals surface area (Å²) < 4.78 is 21.5. The maximum atomic E-state index is 13.8. The van der Waals surface area contributed by atoms with E-state index in [4.69, 9.17) is 14.8 Å². The first kappa shape index (κ1) is 18.5. The average molecular weight is 414 g/mol. The van der Waals surface area contributed by atoms with Crippen molar-refractivity contribution in [1.82, 2.24) is 19.7 Å². The molecule has 3 aliphatic rings. The standard InChI is InChI=1S/C25H23FN4O/c26-20-8-3-4-9-22(20)31-11-5-10-23-28-24(29-30(23)25-13-17(14-25)15-25)21-12-18-6-1-2-7-19(18)16-27-21/h1-4,6-9,12,16-17H,5,10-11,13-15H2. The number of fused-ring (bicyclic) bond motifs is 1. The fourth-order valence-corrected chi connectivity index (χ4v) is 4.87. The summed E-state index contributed by atoms with van der Waals surface area (Å²) in [5.74, 6) is 2.47. The first-order valence-electron chi connectivity index (χ1n) is 10.9. The average Bonchev–Trinajstić information content (AvgIpc) is 3.13. The molecule has 0 unspecified atom stereocenters. The van der Waals surface area contributed by atoms with Crippen LogP contribution in [0.1, 0.15) is 31.5 Å². The molecule has 2 aromatic carbocycles. The van der Waals surface area contributed by atoms with E-state index in [2.05, 4.69) is 27.9 Å². The smallest absolute Gasteiger partial charge is 0.200 e. The van der Waals surface area contributed by atoms with E-state index in [1.54, 1.807) is 18.2 Å². The summed E-state index contributed by atoms with van der Waals surface area (Å²) in [5, 5.41) is 7.15. The zero-order chi connectivity index (χ0) is 20.8. The molecule has 0 amide bonds. The van der Waals surface area contributed by atoms with Gasteiger partial charge in [-0.1, -0.05) is 36.4 Å². The lowest BCUT2D eigenvalue weighted by molar-refractivity contribution is -0.0998. The highest BCUT2D eigenvalue weighted by molar-refractivity contribution is 5.84. The minimum Gasteiger partial charge on any atom is -0.491 e.